The Morgan fingerprint density at radius 1 is 0.729 bits per heavy atom. The standard InChI is InChI=1S/C12H13N.C12H23N.2C8H15NO2/c1-9(13)11-8-4-6-10-5-2-3-7-12(10)11;1-3-7-11(8-4-1)13-12-9-5-2-6-10-12;2*1-3-6-4-9(2)5-7(6)8(10)11/h2-9H,13H2,1H3;11-13H,1-10H2;2*6-7H,3-5H2,1-2H3,(H,10,11)/t9-;;2*6-,7+/m1.11/s1. The molecule has 0 unspecified atom stereocenters. The number of carboxylic acids is 2. The third-order valence-electron chi connectivity index (χ3n) is 10.9. The fourth-order valence-electron chi connectivity index (χ4n) is 8.08. The molecular weight excluding hydrogens is 600 g/mol. The molecule has 0 radical (unpaired) electrons. The number of nitrogens with one attached hydrogen (secondary N) is 1. The molecule has 2 aliphatic heterocycles. The van der Waals surface area contributed by atoms with Gasteiger partial charge in [-0.1, -0.05) is 108 Å². The Morgan fingerprint density at radius 2 is 1.17 bits per heavy atom. The van der Waals surface area contributed by atoms with Crippen LogP contribution < -0.4 is 11.1 Å². The van der Waals surface area contributed by atoms with Crippen molar-refractivity contribution in [1.29, 1.82) is 0 Å². The van der Waals surface area contributed by atoms with Gasteiger partial charge in [-0.05, 0) is 74.9 Å². The molecule has 2 aliphatic carbocycles. The zero-order chi connectivity index (χ0) is 35.1. The number of hydrogen-bond acceptors (Lipinski definition) is 6. The Labute approximate surface area is 290 Å². The number of nitrogens with two attached hydrogens (primary N) is 1. The molecule has 270 valence electrons. The van der Waals surface area contributed by atoms with Crippen LogP contribution in [0.4, 0.5) is 0 Å². The average Bonchev–Trinajstić information content (AvgIpc) is 3.68. The van der Waals surface area contributed by atoms with E-state index in [-0.39, 0.29) is 17.9 Å². The van der Waals surface area contributed by atoms with Crippen molar-refractivity contribution in [3.63, 3.8) is 0 Å². The number of carboxylic acid groups (broad SMARTS) is 2. The number of rotatable bonds is 7. The minimum atomic E-state index is -0.638. The molecule has 0 spiro atoms. The molecule has 8 nitrogen and oxygen atoms in total. The highest BCUT2D eigenvalue weighted by molar-refractivity contribution is 5.86. The predicted octanol–water partition coefficient (Wildman–Crippen LogP) is 7.42. The molecule has 2 saturated heterocycles. The highest BCUT2D eigenvalue weighted by Crippen LogP contribution is 2.26. The molecule has 4 fully saturated rings. The van der Waals surface area contributed by atoms with Crippen molar-refractivity contribution >= 4 is 22.7 Å². The van der Waals surface area contributed by atoms with Gasteiger partial charge in [0.2, 0.25) is 0 Å². The van der Waals surface area contributed by atoms with Crippen LogP contribution in [0.5, 0.6) is 0 Å². The van der Waals surface area contributed by atoms with Gasteiger partial charge >= 0.3 is 11.9 Å². The van der Waals surface area contributed by atoms with Gasteiger partial charge in [-0.2, -0.15) is 0 Å². The van der Waals surface area contributed by atoms with E-state index in [2.05, 4.69) is 59.3 Å². The maximum atomic E-state index is 10.7. The molecule has 0 amide bonds. The second kappa shape index (κ2) is 20.9. The first kappa shape index (κ1) is 39.9. The lowest BCUT2D eigenvalue weighted by atomic mass is 9.91. The largest absolute Gasteiger partial charge is 0.481 e. The van der Waals surface area contributed by atoms with Crippen molar-refractivity contribution in [1.82, 2.24) is 15.1 Å². The predicted molar refractivity (Wildman–Crippen MR) is 198 cm³/mol. The second-order valence-corrected chi connectivity index (χ2v) is 14.9. The highest BCUT2D eigenvalue weighted by atomic mass is 16.4. The van der Waals surface area contributed by atoms with Gasteiger partial charge in [0.1, 0.15) is 0 Å². The topological polar surface area (TPSA) is 119 Å². The maximum absolute atomic E-state index is 10.7. The molecule has 2 saturated carbocycles. The van der Waals surface area contributed by atoms with Crippen LogP contribution in [-0.2, 0) is 9.59 Å². The summed E-state index contributed by atoms with van der Waals surface area (Å²) in [5.74, 6) is -0.826. The summed E-state index contributed by atoms with van der Waals surface area (Å²) in [6.07, 6.45) is 16.5. The number of likely N-dealkylation sites (tertiary alicyclic amines) is 2. The lowest BCUT2D eigenvalue weighted by Gasteiger charge is -2.30. The van der Waals surface area contributed by atoms with Crippen LogP contribution in [0.3, 0.4) is 0 Å². The molecule has 2 aromatic carbocycles. The van der Waals surface area contributed by atoms with E-state index in [1.165, 1.54) is 80.5 Å². The van der Waals surface area contributed by atoms with Crippen molar-refractivity contribution in [2.24, 2.45) is 29.4 Å². The van der Waals surface area contributed by atoms with Gasteiger partial charge in [0.25, 0.3) is 0 Å². The van der Waals surface area contributed by atoms with Crippen LogP contribution in [0.1, 0.15) is 109 Å². The Kier molecular flexibility index (Phi) is 17.4. The lowest BCUT2D eigenvalue weighted by Crippen LogP contribution is -2.40. The van der Waals surface area contributed by atoms with E-state index in [0.29, 0.717) is 24.9 Å². The molecule has 2 aromatic rings. The summed E-state index contributed by atoms with van der Waals surface area (Å²) in [4.78, 5) is 25.6. The third-order valence-corrected chi connectivity index (χ3v) is 10.9. The molecule has 5 atom stereocenters. The molecule has 8 heteroatoms. The van der Waals surface area contributed by atoms with Crippen molar-refractivity contribution in [2.45, 2.75) is 116 Å². The lowest BCUT2D eigenvalue weighted by molar-refractivity contribution is -0.143. The molecule has 0 aromatic heterocycles. The van der Waals surface area contributed by atoms with Crippen LogP contribution in [0, 0.1) is 23.7 Å². The number of benzene rings is 2. The molecule has 0 bridgehead atoms. The number of nitrogens with zero attached hydrogens (tertiary/aromatic N) is 2. The maximum Gasteiger partial charge on any atom is 0.308 e. The van der Waals surface area contributed by atoms with Crippen LogP contribution in [0.15, 0.2) is 42.5 Å². The number of hydrogen-bond donors (Lipinski definition) is 4. The normalized spacial score (nSPS) is 26.0. The SMILES string of the molecule is C1CCC(NC2CCCCC2)CC1.CC[C@@H]1CN(C)C[C@@H]1C(=O)O.CC[C@@H]1CN(C)C[C@@H]1C(=O)O.C[C@@H](N)c1cccc2ccccc12. The highest BCUT2D eigenvalue weighted by Gasteiger charge is 2.35. The summed E-state index contributed by atoms with van der Waals surface area (Å²) >= 11 is 0. The molecule has 5 N–H and O–H groups in total. The Balaban J connectivity index is 0.000000174. The van der Waals surface area contributed by atoms with Crippen LogP contribution in [0.2, 0.25) is 0 Å². The van der Waals surface area contributed by atoms with E-state index in [9.17, 15) is 9.59 Å². The zero-order valence-electron chi connectivity index (χ0n) is 30.6. The minimum Gasteiger partial charge on any atom is -0.481 e. The van der Waals surface area contributed by atoms with E-state index < -0.39 is 11.9 Å². The van der Waals surface area contributed by atoms with Crippen molar-refractivity contribution < 1.29 is 19.8 Å². The Morgan fingerprint density at radius 3 is 1.56 bits per heavy atom. The fraction of sp³-hybridized carbons (Fsp3) is 0.700. The first-order valence-corrected chi connectivity index (χ1v) is 18.9. The van der Waals surface area contributed by atoms with E-state index in [1.54, 1.807) is 0 Å². The zero-order valence-corrected chi connectivity index (χ0v) is 30.6. The van der Waals surface area contributed by atoms with E-state index in [0.717, 1.165) is 38.0 Å². The van der Waals surface area contributed by atoms with Crippen molar-refractivity contribution in [3.05, 3.63) is 48.0 Å². The van der Waals surface area contributed by atoms with Gasteiger partial charge in [-0.25, -0.2) is 0 Å². The molecular formula is C40H66N4O4. The number of fused-ring (bicyclic) bond motifs is 1. The van der Waals surface area contributed by atoms with E-state index >= 15 is 0 Å². The van der Waals surface area contributed by atoms with E-state index in [4.69, 9.17) is 15.9 Å². The number of aliphatic carboxylic acids is 2. The summed E-state index contributed by atoms with van der Waals surface area (Å²) in [5, 5.41) is 24.0. The Bertz CT molecular complexity index is 1170. The summed E-state index contributed by atoms with van der Waals surface area (Å²) in [6.45, 7) is 9.43. The minimum absolute atomic E-state index is 0.103. The molecule has 4 aliphatic rings. The van der Waals surface area contributed by atoms with Gasteiger partial charge in [0.15, 0.2) is 0 Å². The quantitative estimate of drug-likeness (QED) is 0.241. The Hall–Kier alpha value is -2.52. The number of carbonyl (C=O) groups is 2. The van der Waals surface area contributed by atoms with Gasteiger partial charge < -0.3 is 31.1 Å². The summed E-state index contributed by atoms with van der Waals surface area (Å²) < 4.78 is 0. The second-order valence-electron chi connectivity index (χ2n) is 14.9. The summed E-state index contributed by atoms with van der Waals surface area (Å²) in [7, 11) is 3.96. The molecule has 48 heavy (non-hydrogen) atoms. The van der Waals surface area contributed by atoms with Gasteiger partial charge in [-0.3, -0.25) is 9.59 Å². The van der Waals surface area contributed by atoms with Gasteiger partial charge in [0, 0.05) is 44.3 Å². The smallest absolute Gasteiger partial charge is 0.308 e. The van der Waals surface area contributed by atoms with Gasteiger partial charge in [0.05, 0.1) is 11.8 Å². The first-order valence-electron chi connectivity index (χ1n) is 18.9. The monoisotopic (exact) mass is 667 g/mol. The first-order chi connectivity index (χ1) is 23.0. The molecule has 2 heterocycles. The van der Waals surface area contributed by atoms with Gasteiger partial charge in [-0.15, -0.1) is 0 Å². The van der Waals surface area contributed by atoms with E-state index in [1.807, 2.05) is 33.2 Å². The van der Waals surface area contributed by atoms with Crippen molar-refractivity contribution in [3.8, 4) is 0 Å². The summed E-state index contributed by atoms with van der Waals surface area (Å²) in [6, 6.07) is 16.4. The van der Waals surface area contributed by atoms with Crippen molar-refractivity contribution in [2.75, 3.05) is 40.3 Å². The van der Waals surface area contributed by atoms with Crippen LogP contribution in [-0.4, -0.2) is 84.3 Å². The fourth-order valence-corrected chi connectivity index (χ4v) is 8.08. The van der Waals surface area contributed by atoms with Crippen LogP contribution >= 0.6 is 0 Å². The van der Waals surface area contributed by atoms with Crippen LogP contribution in [0.25, 0.3) is 10.8 Å². The third kappa shape index (κ3) is 12.7. The molecule has 6 rings (SSSR count). The average molecular weight is 667 g/mol. The summed E-state index contributed by atoms with van der Waals surface area (Å²) in [5.41, 5.74) is 7.10.